The van der Waals surface area contributed by atoms with Gasteiger partial charge in [0.25, 0.3) is 0 Å². The molecule has 0 aliphatic rings. The summed E-state index contributed by atoms with van der Waals surface area (Å²) in [6, 6.07) is 15.0. The van der Waals surface area contributed by atoms with Gasteiger partial charge in [-0.1, -0.05) is 24.3 Å². The summed E-state index contributed by atoms with van der Waals surface area (Å²) >= 11 is 0. The first-order chi connectivity index (χ1) is 10.3. The Morgan fingerprint density at radius 1 is 0.667 bits per heavy atom. The van der Waals surface area contributed by atoms with Crippen LogP contribution in [0.5, 0.6) is 0 Å². The molecule has 4 aromatic rings. The number of fused-ring (bicyclic) bond motifs is 2. The van der Waals surface area contributed by atoms with E-state index in [9.17, 15) is 5.21 Å². The maximum absolute atomic E-state index is 11.1. The predicted octanol–water partition coefficient (Wildman–Crippen LogP) is 2.50. The minimum Gasteiger partial charge on any atom is -0.618 e. The Morgan fingerprint density at radius 2 is 1.19 bits per heavy atom. The SMILES string of the molecule is [O-][n+]1ccnc2ccccc21.c1ccc2nccnc2c1. The van der Waals surface area contributed by atoms with Crippen LogP contribution in [0.3, 0.4) is 0 Å². The Balaban J connectivity index is 0.000000126. The molecule has 0 bridgehead atoms. The third kappa shape index (κ3) is 2.92. The molecule has 102 valence electrons. The van der Waals surface area contributed by atoms with Crippen LogP contribution in [0.15, 0.2) is 73.3 Å². The average Bonchev–Trinajstić information content (AvgIpc) is 2.56. The summed E-state index contributed by atoms with van der Waals surface area (Å²) in [6.07, 6.45) is 6.28. The summed E-state index contributed by atoms with van der Waals surface area (Å²) in [4.78, 5) is 12.3. The quantitative estimate of drug-likeness (QED) is 0.365. The van der Waals surface area contributed by atoms with Gasteiger partial charge in [0.05, 0.1) is 17.2 Å². The molecule has 5 heteroatoms. The molecule has 0 spiro atoms. The molecule has 0 radical (unpaired) electrons. The number of benzene rings is 2. The first-order valence-electron chi connectivity index (χ1n) is 6.43. The first-order valence-corrected chi connectivity index (χ1v) is 6.43. The van der Waals surface area contributed by atoms with Gasteiger partial charge in [-0.3, -0.25) is 9.97 Å². The van der Waals surface area contributed by atoms with E-state index in [0.717, 1.165) is 21.3 Å². The zero-order chi connectivity index (χ0) is 14.5. The van der Waals surface area contributed by atoms with E-state index in [1.165, 1.54) is 12.4 Å². The van der Waals surface area contributed by atoms with Crippen LogP contribution in [0, 0.1) is 5.21 Å². The van der Waals surface area contributed by atoms with Crippen molar-refractivity contribution in [3.63, 3.8) is 0 Å². The van der Waals surface area contributed by atoms with Crippen molar-refractivity contribution >= 4 is 22.1 Å². The molecule has 0 fully saturated rings. The molecule has 0 aliphatic heterocycles. The van der Waals surface area contributed by atoms with E-state index >= 15 is 0 Å². The summed E-state index contributed by atoms with van der Waals surface area (Å²) in [7, 11) is 0. The van der Waals surface area contributed by atoms with Crippen LogP contribution in [0.25, 0.3) is 22.1 Å². The Bertz CT molecular complexity index is 809. The van der Waals surface area contributed by atoms with Crippen molar-refractivity contribution in [2.45, 2.75) is 0 Å². The van der Waals surface area contributed by atoms with Crippen molar-refractivity contribution in [1.82, 2.24) is 15.0 Å². The van der Waals surface area contributed by atoms with Crippen molar-refractivity contribution in [3.05, 3.63) is 78.5 Å². The van der Waals surface area contributed by atoms with Crippen molar-refractivity contribution in [2.24, 2.45) is 0 Å². The zero-order valence-corrected chi connectivity index (χ0v) is 11.1. The van der Waals surface area contributed by atoms with Crippen LogP contribution in [0.1, 0.15) is 0 Å². The molecule has 4 rings (SSSR count). The van der Waals surface area contributed by atoms with Gasteiger partial charge < -0.3 is 5.21 Å². The van der Waals surface area contributed by atoms with E-state index in [2.05, 4.69) is 15.0 Å². The standard InChI is InChI=1S/C8H6N2O.C8H6N2/c11-10-6-5-9-7-3-1-2-4-8(7)10;1-2-4-8-7(3-1)9-5-6-10-8/h1-6H;1-6H. The lowest BCUT2D eigenvalue weighted by atomic mass is 10.3. The minimum absolute atomic E-state index is 0.606. The molecule has 0 unspecified atom stereocenters. The molecule has 0 N–H and O–H groups in total. The van der Waals surface area contributed by atoms with E-state index in [-0.39, 0.29) is 0 Å². The number of nitrogens with zero attached hydrogens (tertiary/aromatic N) is 4. The second-order valence-electron chi connectivity index (χ2n) is 4.29. The molecule has 0 atom stereocenters. The molecule has 2 aromatic carbocycles. The molecule has 2 heterocycles. The number of aromatic nitrogens is 4. The van der Waals surface area contributed by atoms with E-state index in [1.54, 1.807) is 18.5 Å². The summed E-state index contributed by atoms with van der Waals surface area (Å²) in [5.41, 5.74) is 3.23. The third-order valence-corrected chi connectivity index (χ3v) is 2.91. The summed E-state index contributed by atoms with van der Waals surface area (Å²) in [5.74, 6) is 0. The maximum atomic E-state index is 11.1. The lowest BCUT2D eigenvalue weighted by Gasteiger charge is -1.97. The Kier molecular flexibility index (Phi) is 3.64. The third-order valence-electron chi connectivity index (χ3n) is 2.91. The second-order valence-corrected chi connectivity index (χ2v) is 4.29. The topological polar surface area (TPSA) is 65.6 Å². The maximum Gasteiger partial charge on any atom is 0.242 e. The highest BCUT2D eigenvalue weighted by Gasteiger charge is 1.99. The van der Waals surface area contributed by atoms with Gasteiger partial charge in [-0.25, -0.2) is 4.98 Å². The monoisotopic (exact) mass is 276 g/mol. The highest BCUT2D eigenvalue weighted by molar-refractivity contribution is 5.73. The minimum atomic E-state index is 0.606. The number of hydrogen-bond acceptors (Lipinski definition) is 4. The van der Waals surface area contributed by atoms with Crippen LogP contribution in [-0.4, -0.2) is 15.0 Å². The number of hydrogen-bond donors (Lipinski definition) is 0. The lowest BCUT2D eigenvalue weighted by Crippen LogP contribution is -2.26. The van der Waals surface area contributed by atoms with Crippen molar-refractivity contribution in [1.29, 1.82) is 0 Å². The molecule has 21 heavy (non-hydrogen) atoms. The zero-order valence-electron chi connectivity index (χ0n) is 11.1. The number of para-hydroxylation sites is 4. The fraction of sp³-hybridized carbons (Fsp3) is 0. The van der Waals surface area contributed by atoms with Crippen LogP contribution in [0.4, 0.5) is 0 Å². The van der Waals surface area contributed by atoms with Crippen molar-refractivity contribution < 1.29 is 4.73 Å². The smallest absolute Gasteiger partial charge is 0.242 e. The van der Waals surface area contributed by atoms with Crippen molar-refractivity contribution in [2.75, 3.05) is 0 Å². The average molecular weight is 276 g/mol. The number of rotatable bonds is 0. The van der Waals surface area contributed by atoms with Gasteiger partial charge in [-0.2, -0.15) is 4.73 Å². The first kappa shape index (κ1) is 12.9. The molecule has 0 aliphatic carbocycles. The highest BCUT2D eigenvalue weighted by Crippen LogP contribution is 2.04. The Hall–Kier alpha value is -3.08. The molecule has 0 amide bonds. The van der Waals surface area contributed by atoms with E-state index in [1.807, 2.05) is 42.5 Å². The van der Waals surface area contributed by atoms with Crippen LogP contribution >= 0.6 is 0 Å². The molecule has 0 saturated heterocycles. The summed E-state index contributed by atoms with van der Waals surface area (Å²) in [5, 5.41) is 11.1. The van der Waals surface area contributed by atoms with Crippen LogP contribution in [-0.2, 0) is 0 Å². The summed E-state index contributed by atoms with van der Waals surface area (Å²) < 4.78 is 0.808. The summed E-state index contributed by atoms with van der Waals surface area (Å²) in [6.45, 7) is 0. The van der Waals surface area contributed by atoms with Gasteiger partial charge in [-0.05, 0) is 18.2 Å². The Labute approximate surface area is 121 Å². The largest absolute Gasteiger partial charge is 0.618 e. The lowest BCUT2D eigenvalue weighted by molar-refractivity contribution is -0.577. The van der Waals surface area contributed by atoms with Gasteiger partial charge in [0.15, 0.2) is 6.20 Å². The van der Waals surface area contributed by atoms with E-state index in [0.29, 0.717) is 5.52 Å². The fourth-order valence-electron chi connectivity index (χ4n) is 1.92. The van der Waals surface area contributed by atoms with Gasteiger partial charge >= 0.3 is 0 Å². The van der Waals surface area contributed by atoms with Gasteiger partial charge in [0.1, 0.15) is 5.52 Å². The molecule has 5 nitrogen and oxygen atoms in total. The van der Waals surface area contributed by atoms with E-state index < -0.39 is 0 Å². The molecular weight excluding hydrogens is 264 g/mol. The highest BCUT2D eigenvalue weighted by atomic mass is 16.5. The predicted molar refractivity (Wildman–Crippen MR) is 80.2 cm³/mol. The van der Waals surface area contributed by atoms with Crippen LogP contribution < -0.4 is 4.73 Å². The van der Waals surface area contributed by atoms with Crippen LogP contribution in [0.2, 0.25) is 0 Å². The Morgan fingerprint density at radius 3 is 1.81 bits per heavy atom. The normalized spacial score (nSPS) is 10.1. The van der Waals surface area contributed by atoms with Gasteiger partial charge in [0, 0.05) is 18.5 Å². The van der Waals surface area contributed by atoms with E-state index in [4.69, 9.17) is 0 Å². The molecular formula is C16H12N4O. The fourth-order valence-corrected chi connectivity index (χ4v) is 1.92. The van der Waals surface area contributed by atoms with Gasteiger partial charge in [-0.15, -0.1) is 0 Å². The molecule has 2 aromatic heterocycles. The second kappa shape index (κ2) is 5.92. The van der Waals surface area contributed by atoms with Crippen molar-refractivity contribution in [3.8, 4) is 0 Å². The molecule has 0 saturated carbocycles. The van der Waals surface area contributed by atoms with Gasteiger partial charge in [0.2, 0.25) is 5.52 Å².